The maximum absolute atomic E-state index is 13.2. The fourth-order valence-electron chi connectivity index (χ4n) is 4.11. The molecular formula is C22H23BrN2O4. The summed E-state index contributed by atoms with van der Waals surface area (Å²) in [4.78, 5) is 29.3. The summed E-state index contributed by atoms with van der Waals surface area (Å²) in [6, 6.07) is 11.5. The average Bonchev–Trinajstić information content (AvgIpc) is 3.13. The van der Waals surface area contributed by atoms with Crippen molar-refractivity contribution in [2.24, 2.45) is 5.92 Å². The molecule has 2 aromatic rings. The van der Waals surface area contributed by atoms with E-state index in [1.807, 2.05) is 41.3 Å². The van der Waals surface area contributed by atoms with Crippen LogP contribution in [0.2, 0.25) is 0 Å². The van der Waals surface area contributed by atoms with Gasteiger partial charge in [-0.2, -0.15) is 0 Å². The lowest BCUT2D eigenvalue weighted by Crippen LogP contribution is -2.40. The Morgan fingerprint density at radius 2 is 1.79 bits per heavy atom. The number of nitrogens with zero attached hydrogens (tertiary/aromatic N) is 2. The molecule has 7 heteroatoms. The van der Waals surface area contributed by atoms with Gasteiger partial charge in [-0.05, 0) is 57.7 Å². The Bertz CT molecular complexity index is 962. The fourth-order valence-corrected chi connectivity index (χ4v) is 4.60. The molecule has 0 aliphatic carbocycles. The number of anilines is 1. The van der Waals surface area contributed by atoms with E-state index in [1.165, 1.54) is 5.56 Å². The highest BCUT2D eigenvalue weighted by molar-refractivity contribution is 9.10. The Kier molecular flexibility index (Phi) is 5.50. The maximum Gasteiger partial charge on any atom is 0.228 e. The van der Waals surface area contributed by atoms with E-state index < -0.39 is 0 Å². The smallest absolute Gasteiger partial charge is 0.228 e. The predicted octanol–water partition coefficient (Wildman–Crippen LogP) is 3.40. The molecule has 4 rings (SSSR count). The number of benzene rings is 2. The lowest BCUT2D eigenvalue weighted by atomic mass is 9.97. The molecule has 1 unspecified atom stereocenters. The minimum atomic E-state index is -0.323. The average molecular weight is 459 g/mol. The molecule has 0 saturated carbocycles. The summed E-state index contributed by atoms with van der Waals surface area (Å²) in [6.45, 7) is 1.57. The number of methoxy groups -OCH3 is 2. The molecule has 2 heterocycles. The number of rotatable bonds is 4. The van der Waals surface area contributed by atoms with E-state index in [4.69, 9.17) is 9.47 Å². The number of hydrogen-bond donors (Lipinski definition) is 0. The molecule has 0 N–H and O–H groups in total. The number of para-hydroxylation sites is 1. The van der Waals surface area contributed by atoms with Crippen LogP contribution in [0.5, 0.6) is 11.5 Å². The zero-order chi connectivity index (χ0) is 20.5. The summed E-state index contributed by atoms with van der Waals surface area (Å²) < 4.78 is 11.6. The number of amides is 2. The molecule has 0 radical (unpaired) electrons. The largest absolute Gasteiger partial charge is 0.493 e. The molecule has 1 saturated heterocycles. The Labute approximate surface area is 178 Å². The van der Waals surface area contributed by atoms with Crippen LogP contribution in [-0.4, -0.2) is 44.0 Å². The van der Waals surface area contributed by atoms with Crippen molar-refractivity contribution in [1.29, 1.82) is 0 Å². The van der Waals surface area contributed by atoms with E-state index in [1.54, 1.807) is 19.1 Å². The summed E-state index contributed by atoms with van der Waals surface area (Å²) in [7, 11) is 3.23. The van der Waals surface area contributed by atoms with Crippen LogP contribution < -0.4 is 14.4 Å². The first-order chi connectivity index (χ1) is 14.0. The number of halogens is 1. The zero-order valence-corrected chi connectivity index (χ0v) is 18.1. The van der Waals surface area contributed by atoms with Crippen LogP contribution in [0.3, 0.4) is 0 Å². The van der Waals surface area contributed by atoms with E-state index >= 15 is 0 Å². The quantitative estimate of drug-likeness (QED) is 0.704. The van der Waals surface area contributed by atoms with Crippen molar-refractivity contribution in [3.63, 3.8) is 0 Å². The summed E-state index contributed by atoms with van der Waals surface area (Å²) in [5, 5.41) is 0. The summed E-state index contributed by atoms with van der Waals surface area (Å²) in [5.74, 6) is 1.07. The molecule has 29 heavy (non-hydrogen) atoms. The number of carbonyl (C=O) groups excluding carboxylic acids is 2. The Hall–Kier alpha value is -2.54. The van der Waals surface area contributed by atoms with E-state index in [0.717, 1.165) is 22.1 Å². The van der Waals surface area contributed by atoms with E-state index in [2.05, 4.69) is 15.9 Å². The van der Waals surface area contributed by atoms with Gasteiger partial charge in [-0.3, -0.25) is 9.59 Å². The van der Waals surface area contributed by atoms with Crippen LogP contribution >= 0.6 is 15.9 Å². The standard InChI is InChI=1S/C22H23BrN2O4/c1-28-19-9-14-7-8-24(12-15(14)10-20(19)29-2)22(27)16-11-21(26)25(13-16)18-6-4-3-5-17(18)23/h3-6,9-10,16H,7-8,11-13H2,1-2H3. The van der Waals surface area contributed by atoms with Gasteiger partial charge >= 0.3 is 0 Å². The van der Waals surface area contributed by atoms with Crippen molar-refractivity contribution in [1.82, 2.24) is 4.90 Å². The van der Waals surface area contributed by atoms with Gasteiger partial charge in [0.2, 0.25) is 11.8 Å². The number of ether oxygens (including phenoxy) is 2. The second-order valence-corrected chi connectivity index (χ2v) is 8.20. The van der Waals surface area contributed by atoms with Crippen molar-refractivity contribution < 1.29 is 19.1 Å². The third-order valence-corrected chi connectivity index (χ3v) is 6.32. The number of fused-ring (bicyclic) bond motifs is 1. The Morgan fingerprint density at radius 3 is 2.48 bits per heavy atom. The van der Waals surface area contributed by atoms with E-state index in [0.29, 0.717) is 31.1 Å². The third-order valence-electron chi connectivity index (χ3n) is 5.65. The topological polar surface area (TPSA) is 59.1 Å². The second-order valence-electron chi connectivity index (χ2n) is 7.34. The lowest BCUT2D eigenvalue weighted by molar-refractivity contribution is -0.136. The Morgan fingerprint density at radius 1 is 1.10 bits per heavy atom. The van der Waals surface area contributed by atoms with Crippen LogP contribution in [-0.2, 0) is 22.6 Å². The van der Waals surface area contributed by atoms with Crippen molar-refractivity contribution in [3.8, 4) is 11.5 Å². The minimum absolute atomic E-state index is 0.0148. The highest BCUT2D eigenvalue weighted by atomic mass is 79.9. The first-order valence-electron chi connectivity index (χ1n) is 9.59. The molecule has 2 aliphatic heterocycles. The second kappa shape index (κ2) is 8.06. The van der Waals surface area contributed by atoms with Crippen molar-refractivity contribution in [2.45, 2.75) is 19.4 Å². The van der Waals surface area contributed by atoms with Gasteiger partial charge in [0.1, 0.15) is 0 Å². The van der Waals surface area contributed by atoms with Gasteiger partial charge in [-0.25, -0.2) is 0 Å². The molecule has 6 nitrogen and oxygen atoms in total. The molecule has 0 bridgehead atoms. The monoisotopic (exact) mass is 458 g/mol. The van der Waals surface area contributed by atoms with Crippen molar-refractivity contribution in [2.75, 3.05) is 32.2 Å². The van der Waals surface area contributed by atoms with Gasteiger partial charge in [0.25, 0.3) is 0 Å². The maximum atomic E-state index is 13.2. The molecule has 152 valence electrons. The molecule has 0 aromatic heterocycles. The van der Waals surface area contributed by atoms with Crippen molar-refractivity contribution >= 4 is 33.4 Å². The van der Waals surface area contributed by atoms with Gasteiger partial charge in [-0.1, -0.05) is 12.1 Å². The first-order valence-corrected chi connectivity index (χ1v) is 10.4. The normalized spacial score (nSPS) is 18.6. The summed E-state index contributed by atoms with van der Waals surface area (Å²) >= 11 is 3.50. The molecule has 2 amide bonds. The van der Waals surface area contributed by atoms with Crippen molar-refractivity contribution in [3.05, 3.63) is 52.0 Å². The SMILES string of the molecule is COc1cc2c(cc1OC)CN(C(=O)C1CC(=O)N(c3ccccc3Br)C1)CC2. The highest BCUT2D eigenvalue weighted by Crippen LogP contribution is 2.35. The third kappa shape index (κ3) is 3.71. The van der Waals surface area contributed by atoms with Crippen LogP contribution in [0.4, 0.5) is 5.69 Å². The summed E-state index contributed by atoms with van der Waals surface area (Å²) in [5.41, 5.74) is 3.05. The number of carbonyl (C=O) groups is 2. The first kappa shape index (κ1) is 19.8. The fraction of sp³-hybridized carbons (Fsp3) is 0.364. The lowest BCUT2D eigenvalue weighted by Gasteiger charge is -2.31. The van der Waals surface area contributed by atoms with E-state index in [-0.39, 0.29) is 24.2 Å². The minimum Gasteiger partial charge on any atom is -0.493 e. The Balaban J connectivity index is 1.50. The van der Waals surface area contributed by atoms with Gasteiger partial charge < -0.3 is 19.3 Å². The van der Waals surface area contributed by atoms with Gasteiger partial charge in [-0.15, -0.1) is 0 Å². The molecular weight excluding hydrogens is 436 g/mol. The van der Waals surface area contributed by atoms with Crippen LogP contribution in [0.15, 0.2) is 40.9 Å². The van der Waals surface area contributed by atoms with E-state index in [9.17, 15) is 9.59 Å². The van der Waals surface area contributed by atoms with Crippen LogP contribution in [0.1, 0.15) is 17.5 Å². The highest BCUT2D eigenvalue weighted by Gasteiger charge is 2.38. The van der Waals surface area contributed by atoms with Crippen LogP contribution in [0.25, 0.3) is 0 Å². The van der Waals surface area contributed by atoms with Gasteiger partial charge in [0.05, 0.1) is 25.8 Å². The van der Waals surface area contributed by atoms with Gasteiger partial charge in [0, 0.05) is 30.5 Å². The molecule has 2 aromatic carbocycles. The number of hydrogen-bond acceptors (Lipinski definition) is 4. The summed E-state index contributed by atoms with van der Waals surface area (Å²) in [6.07, 6.45) is 1.01. The molecule has 2 aliphatic rings. The molecule has 0 spiro atoms. The van der Waals surface area contributed by atoms with Crippen LogP contribution in [0, 0.1) is 5.92 Å². The van der Waals surface area contributed by atoms with Gasteiger partial charge in [0.15, 0.2) is 11.5 Å². The molecule has 1 atom stereocenters. The zero-order valence-electron chi connectivity index (χ0n) is 16.5. The predicted molar refractivity (Wildman–Crippen MR) is 113 cm³/mol. The molecule has 1 fully saturated rings.